The predicted octanol–water partition coefficient (Wildman–Crippen LogP) is 3.38. The Morgan fingerprint density at radius 2 is 1.87 bits per heavy atom. The maximum absolute atomic E-state index is 13.0. The zero-order valence-corrected chi connectivity index (χ0v) is 19.7. The Kier molecular flexibility index (Phi) is 7.56. The summed E-state index contributed by atoms with van der Waals surface area (Å²) in [7, 11) is 1.27. The average Bonchev–Trinajstić information content (AvgIpc) is 3.20. The highest BCUT2D eigenvalue weighted by atomic mass is 35.5. The van der Waals surface area contributed by atoms with Crippen LogP contribution in [0.25, 0.3) is 0 Å². The number of methoxy groups -OCH3 is 1. The number of ether oxygens (including phenoxy) is 2. The Labute approximate surface area is 188 Å². The molecule has 3 rings (SSSR count). The normalized spacial score (nSPS) is 29.8. The van der Waals surface area contributed by atoms with Crippen LogP contribution in [0, 0.1) is 11.3 Å². The fourth-order valence-corrected chi connectivity index (χ4v) is 4.49. The van der Waals surface area contributed by atoms with Gasteiger partial charge in [0.15, 0.2) is 5.54 Å². The molecule has 2 fully saturated rings. The molecular weight excluding hydrogens is 422 g/mol. The number of esters is 1. The van der Waals surface area contributed by atoms with E-state index >= 15 is 0 Å². The molecule has 2 heterocycles. The minimum absolute atomic E-state index is 0.0411. The van der Waals surface area contributed by atoms with E-state index in [2.05, 4.69) is 0 Å². The molecule has 4 atom stereocenters. The number of halogens is 1. The highest BCUT2D eigenvalue weighted by Gasteiger charge is 2.75. The van der Waals surface area contributed by atoms with E-state index in [1.54, 1.807) is 31.2 Å². The quantitative estimate of drug-likeness (QED) is 0.555. The smallest absolute Gasteiger partial charge is 0.337 e. The van der Waals surface area contributed by atoms with Gasteiger partial charge in [0.2, 0.25) is 5.91 Å². The van der Waals surface area contributed by atoms with E-state index in [-0.39, 0.29) is 17.9 Å². The lowest BCUT2D eigenvalue weighted by molar-refractivity contribution is -0.167. The van der Waals surface area contributed by atoms with Crippen molar-refractivity contribution < 1.29 is 29.0 Å². The molecule has 0 bridgehead atoms. The van der Waals surface area contributed by atoms with Gasteiger partial charge in [-0.25, -0.2) is 4.79 Å². The lowest BCUT2D eigenvalue weighted by Crippen LogP contribution is -2.64. The van der Waals surface area contributed by atoms with Crippen molar-refractivity contribution in [1.82, 2.24) is 4.90 Å². The number of aliphatic hydroxyl groups is 1. The van der Waals surface area contributed by atoms with Crippen LogP contribution < -0.4 is 0 Å². The molecule has 1 N–H and O–H groups in total. The van der Waals surface area contributed by atoms with Crippen LogP contribution >= 0.6 is 11.6 Å². The molecule has 2 saturated heterocycles. The first-order chi connectivity index (χ1) is 14.4. The Morgan fingerprint density at radius 3 is 2.29 bits per heavy atom. The molecule has 2 aliphatic heterocycles. The summed E-state index contributed by atoms with van der Waals surface area (Å²) >= 11 is 5.16. The molecule has 172 valence electrons. The summed E-state index contributed by atoms with van der Waals surface area (Å²) in [6.45, 7) is 9.30. The van der Waals surface area contributed by atoms with Crippen molar-refractivity contribution in [3.63, 3.8) is 0 Å². The summed E-state index contributed by atoms with van der Waals surface area (Å²) < 4.78 is 10.7. The summed E-state index contributed by atoms with van der Waals surface area (Å²) in [6, 6.07) is 8.74. The first-order valence-corrected chi connectivity index (χ1v) is 10.7. The number of fused-ring (bicyclic) bond motifs is 1. The fraction of sp³-hybridized carbons (Fsp3) is 0.609. The molecule has 0 aliphatic carbocycles. The fourth-order valence-electron chi connectivity index (χ4n) is 4.37. The third-order valence-corrected chi connectivity index (χ3v) is 6.21. The molecule has 1 amide bonds. The Hall–Kier alpha value is -1.96. The van der Waals surface area contributed by atoms with Crippen LogP contribution in [0.15, 0.2) is 30.3 Å². The Bertz CT molecular complexity index is 819. The van der Waals surface area contributed by atoms with Gasteiger partial charge in [-0.05, 0) is 24.9 Å². The predicted molar refractivity (Wildman–Crippen MR) is 116 cm³/mol. The number of amides is 1. The van der Waals surface area contributed by atoms with Crippen LogP contribution in [-0.4, -0.2) is 58.2 Å². The van der Waals surface area contributed by atoms with Gasteiger partial charge in [-0.3, -0.25) is 14.5 Å². The van der Waals surface area contributed by atoms with E-state index in [0.29, 0.717) is 12.0 Å². The molecular formula is C23H32ClNO6. The summed E-state index contributed by atoms with van der Waals surface area (Å²) in [4.78, 5) is 37.4. The van der Waals surface area contributed by atoms with Gasteiger partial charge < -0.3 is 14.6 Å². The lowest BCUT2D eigenvalue weighted by atomic mass is 9.75. The zero-order chi connectivity index (χ0) is 23.6. The number of hydrogen-bond donors (Lipinski definition) is 1. The minimum atomic E-state index is -1.52. The second-order valence-corrected chi connectivity index (χ2v) is 9.56. The largest absolute Gasteiger partial charge is 0.467 e. The van der Waals surface area contributed by atoms with E-state index in [9.17, 15) is 19.5 Å². The van der Waals surface area contributed by atoms with Crippen LogP contribution in [0.1, 0.15) is 57.8 Å². The van der Waals surface area contributed by atoms with E-state index in [4.69, 9.17) is 21.1 Å². The number of hydrogen-bond acceptors (Lipinski definition) is 6. The summed E-state index contributed by atoms with van der Waals surface area (Å²) in [5.74, 6) is -1.46. The molecule has 0 aromatic heterocycles. The maximum atomic E-state index is 13.0. The molecule has 8 heteroatoms. The Balaban J connectivity index is 0.000000316. The summed E-state index contributed by atoms with van der Waals surface area (Å²) in [5, 5.41) is 10.7. The number of nitrogens with zero attached hydrogens (tertiary/aromatic N) is 1. The molecule has 0 unspecified atom stereocenters. The topological polar surface area (TPSA) is 93.1 Å². The van der Waals surface area contributed by atoms with Gasteiger partial charge in [-0.15, -0.1) is 0 Å². The van der Waals surface area contributed by atoms with Gasteiger partial charge in [0.1, 0.15) is 11.8 Å². The van der Waals surface area contributed by atoms with Crippen LogP contribution in [0.2, 0.25) is 0 Å². The van der Waals surface area contributed by atoms with Crippen LogP contribution in [0.3, 0.4) is 0 Å². The van der Waals surface area contributed by atoms with Crippen molar-refractivity contribution in [2.45, 2.75) is 64.8 Å². The molecule has 1 aromatic rings. The minimum Gasteiger partial charge on any atom is -0.467 e. The lowest BCUT2D eigenvalue weighted by Gasteiger charge is -2.40. The van der Waals surface area contributed by atoms with Crippen molar-refractivity contribution in [3.05, 3.63) is 35.9 Å². The van der Waals surface area contributed by atoms with Crippen molar-refractivity contribution in [2.75, 3.05) is 13.7 Å². The summed E-state index contributed by atoms with van der Waals surface area (Å²) in [6.07, 6.45) is 0.712. The van der Waals surface area contributed by atoms with E-state index < -0.39 is 34.5 Å². The van der Waals surface area contributed by atoms with Crippen LogP contribution in [-0.2, 0) is 19.1 Å². The standard InChI is InChI=1S/C16H27NO5.C7H5ClO/c1-7-8-10-11(18)17-12(14(2,3)4)22-9-16(17,13(19)21-6)15(10,5)20;8-7(9)6-4-2-1-3-5-6/h10,12,20H,7-9H2,1-6H3;1-5H/t10-,12+,15-,16-;/m0./s1. The summed E-state index contributed by atoms with van der Waals surface area (Å²) in [5.41, 5.74) is -2.81. The van der Waals surface area contributed by atoms with Crippen molar-refractivity contribution in [2.24, 2.45) is 11.3 Å². The highest BCUT2D eigenvalue weighted by molar-refractivity contribution is 6.67. The van der Waals surface area contributed by atoms with Gasteiger partial charge in [0.25, 0.3) is 5.24 Å². The third kappa shape index (κ3) is 4.36. The van der Waals surface area contributed by atoms with Gasteiger partial charge in [0.05, 0.1) is 19.6 Å². The molecule has 0 saturated carbocycles. The van der Waals surface area contributed by atoms with Gasteiger partial charge in [-0.1, -0.05) is 64.4 Å². The van der Waals surface area contributed by atoms with Crippen molar-refractivity contribution in [1.29, 1.82) is 0 Å². The maximum Gasteiger partial charge on any atom is 0.337 e. The van der Waals surface area contributed by atoms with Crippen LogP contribution in [0.5, 0.6) is 0 Å². The van der Waals surface area contributed by atoms with Gasteiger partial charge >= 0.3 is 5.97 Å². The number of carbonyl (C=O) groups excluding carboxylic acids is 3. The molecule has 1 aromatic carbocycles. The van der Waals surface area contributed by atoms with E-state index in [1.165, 1.54) is 12.0 Å². The third-order valence-electron chi connectivity index (χ3n) is 5.99. The number of rotatable bonds is 4. The first-order valence-electron chi connectivity index (χ1n) is 10.4. The van der Waals surface area contributed by atoms with E-state index in [1.807, 2.05) is 33.8 Å². The monoisotopic (exact) mass is 453 g/mol. The van der Waals surface area contributed by atoms with Gasteiger partial charge in [-0.2, -0.15) is 0 Å². The SMILES string of the molecule is CCC[C@H]1C(=O)N2[C@@H](C(C)(C)C)OC[C@]2(C(=O)OC)[C@@]1(C)O.O=C(Cl)c1ccccc1. The van der Waals surface area contributed by atoms with E-state index in [0.717, 1.165) is 6.42 Å². The second kappa shape index (κ2) is 9.27. The first kappa shape index (κ1) is 25.3. The number of benzene rings is 1. The molecule has 7 nitrogen and oxygen atoms in total. The number of carbonyl (C=O) groups is 3. The molecule has 0 radical (unpaired) electrons. The molecule has 0 spiro atoms. The average molecular weight is 454 g/mol. The molecule has 2 aliphatic rings. The zero-order valence-electron chi connectivity index (χ0n) is 19.0. The second-order valence-electron chi connectivity index (χ2n) is 9.22. The van der Waals surface area contributed by atoms with Gasteiger partial charge in [0, 0.05) is 11.0 Å². The highest BCUT2D eigenvalue weighted by Crippen LogP contribution is 2.52. The van der Waals surface area contributed by atoms with Crippen LogP contribution in [0.4, 0.5) is 0 Å². The molecule has 31 heavy (non-hydrogen) atoms. The Morgan fingerprint density at radius 1 is 1.29 bits per heavy atom. The van der Waals surface area contributed by atoms with Crippen molar-refractivity contribution in [3.8, 4) is 0 Å². The van der Waals surface area contributed by atoms with Crippen molar-refractivity contribution >= 4 is 28.7 Å².